The Hall–Kier alpha value is -3.61. The number of nitrogens with one attached hydrogen (secondary N) is 2. The molecule has 0 unspecified atom stereocenters. The van der Waals surface area contributed by atoms with Gasteiger partial charge in [-0.25, -0.2) is 9.97 Å². The fourth-order valence-corrected chi connectivity index (χ4v) is 2.72. The van der Waals surface area contributed by atoms with E-state index in [0.717, 1.165) is 5.69 Å². The van der Waals surface area contributed by atoms with Crippen molar-refractivity contribution in [2.45, 2.75) is 26.9 Å². The van der Waals surface area contributed by atoms with Crippen LogP contribution in [0, 0.1) is 6.92 Å². The van der Waals surface area contributed by atoms with Gasteiger partial charge in [0, 0.05) is 5.69 Å². The SMILES string of the molecule is COc1ccccc1NC(=O)c1cc(C)nc(Nc2ccccc2OC(C)C)n1. The van der Waals surface area contributed by atoms with Crippen molar-refractivity contribution in [3.05, 3.63) is 66.0 Å². The van der Waals surface area contributed by atoms with Gasteiger partial charge in [0.1, 0.15) is 17.2 Å². The molecule has 2 aromatic carbocycles. The molecule has 0 bridgehead atoms. The summed E-state index contributed by atoms with van der Waals surface area (Å²) < 4.78 is 11.1. The molecule has 0 atom stereocenters. The van der Waals surface area contributed by atoms with E-state index in [9.17, 15) is 4.79 Å². The number of para-hydroxylation sites is 4. The van der Waals surface area contributed by atoms with E-state index in [2.05, 4.69) is 20.6 Å². The number of methoxy groups -OCH3 is 1. The van der Waals surface area contributed by atoms with Gasteiger partial charge in [-0.3, -0.25) is 4.79 Å². The van der Waals surface area contributed by atoms with E-state index >= 15 is 0 Å². The molecule has 0 saturated carbocycles. The van der Waals surface area contributed by atoms with E-state index in [1.807, 2.05) is 57.2 Å². The lowest BCUT2D eigenvalue weighted by atomic mass is 10.2. The second-order valence-electron chi connectivity index (χ2n) is 6.66. The first kappa shape index (κ1) is 20.1. The third kappa shape index (κ3) is 5.22. The molecule has 0 radical (unpaired) electrons. The van der Waals surface area contributed by atoms with E-state index in [1.165, 1.54) is 0 Å². The first-order chi connectivity index (χ1) is 14.0. The maximum Gasteiger partial charge on any atom is 0.274 e. The molecule has 3 rings (SSSR count). The highest BCUT2D eigenvalue weighted by molar-refractivity contribution is 6.03. The molecule has 1 amide bonds. The molecule has 2 N–H and O–H groups in total. The first-order valence-corrected chi connectivity index (χ1v) is 9.29. The number of ether oxygens (including phenoxy) is 2. The predicted octanol–water partition coefficient (Wildman–Crippen LogP) is 4.58. The summed E-state index contributed by atoms with van der Waals surface area (Å²) in [4.78, 5) is 21.5. The van der Waals surface area contributed by atoms with Crippen LogP contribution >= 0.6 is 0 Å². The quantitative estimate of drug-likeness (QED) is 0.612. The van der Waals surface area contributed by atoms with Crippen molar-refractivity contribution in [2.24, 2.45) is 0 Å². The summed E-state index contributed by atoms with van der Waals surface area (Å²) in [7, 11) is 1.55. The van der Waals surface area contributed by atoms with Crippen molar-refractivity contribution in [3.63, 3.8) is 0 Å². The van der Waals surface area contributed by atoms with Gasteiger partial charge in [-0.2, -0.15) is 0 Å². The van der Waals surface area contributed by atoms with Gasteiger partial charge in [0.25, 0.3) is 5.91 Å². The normalized spacial score (nSPS) is 10.5. The van der Waals surface area contributed by atoms with E-state index in [0.29, 0.717) is 28.8 Å². The van der Waals surface area contributed by atoms with Gasteiger partial charge in [0.15, 0.2) is 0 Å². The molecule has 150 valence electrons. The Labute approximate surface area is 170 Å². The van der Waals surface area contributed by atoms with Crippen LogP contribution < -0.4 is 20.1 Å². The molecule has 0 aliphatic carbocycles. The van der Waals surface area contributed by atoms with Crippen LogP contribution in [0.3, 0.4) is 0 Å². The number of hydrogen-bond donors (Lipinski definition) is 2. The number of benzene rings is 2. The zero-order valence-electron chi connectivity index (χ0n) is 16.9. The number of amides is 1. The molecular formula is C22H24N4O3. The minimum absolute atomic E-state index is 0.0265. The molecule has 0 aliphatic heterocycles. The van der Waals surface area contributed by atoms with Crippen LogP contribution in [0.4, 0.5) is 17.3 Å². The van der Waals surface area contributed by atoms with Crippen LogP contribution in [0.25, 0.3) is 0 Å². The molecule has 0 saturated heterocycles. The molecule has 7 nitrogen and oxygen atoms in total. The van der Waals surface area contributed by atoms with Crippen molar-refractivity contribution < 1.29 is 14.3 Å². The average Bonchev–Trinajstić information content (AvgIpc) is 2.69. The number of carbonyl (C=O) groups excluding carboxylic acids is 1. The van der Waals surface area contributed by atoms with E-state index in [-0.39, 0.29) is 17.7 Å². The van der Waals surface area contributed by atoms with Crippen molar-refractivity contribution in [1.82, 2.24) is 9.97 Å². The van der Waals surface area contributed by atoms with Gasteiger partial charge >= 0.3 is 0 Å². The second kappa shape index (κ2) is 9.05. The summed E-state index contributed by atoms with van der Waals surface area (Å²) in [6.07, 6.45) is 0.0265. The summed E-state index contributed by atoms with van der Waals surface area (Å²) in [5.74, 6) is 1.22. The fraction of sp³-hybridized carbons (Fsp3) is 0.227. The molecule has 1 heterocycles. The Kier molecular flexibility index (Phi) is 6.29. The third-order valence-electron chi connectivity index (χ3n) is 3.94. The van der Waals surface area contributed by atoms with Crippen LogP contribution in [0.15, 0.2) is 54.6 Å². The largest absolute Gasteiger partial charge is 0.495 e. The van der Waals surface area contributed by atoms with Gasteiger partial charge < -0.3 is 20.1 Å². The van der Waals surface area contributed by atoms with Crippen molar-refractivity contribution in [2.75, 3.05) is 17.7 Å². The molecule has 7 heteroatoms. The minimum Gasteiger partial charge on any atom is -0.495 e. The Morgan fingerprint density at radius 1 is 0.966 bits per heavy atom. The molecule has 29 heavy (non-hydrogen) atoms. The molecule has 0 spiro atoms. The van der Waals surface area contributed by atoms with Crippen LogP contribution in [-0.4, -0.2) is 29.1 Å². The number of hydrogen-bond acceptors (Lipinski definition) is 6. The second-order valence-corrected chi connectivity index (χ2v) is 6.66. The fourth-order valence-electron chi connectivity index (χ4n) is 2.72. The molecule has 0 aliphatic rings. The van der Waals surface area contributed by atoms with Crippen molar-refractivity contribution in [3.8, 4) is 11.5 Å². The maximum absolute atomic E-state index is 12.7. The number of aromatic nitrogens is 2. The van der Waals surface area contributed by atoms with Gasteiger partial charge in [-0.1, -0.05) is 24.3 Å². The number of nitrogens with zero attached hydrogens (tertiary/aromatic N) is 2. The van der Waals surface area contributed by atoms with E-state index in [4.69, 9.17) is 9.47 Å². The number of aryl methyl sites for hydroxylation is 1. The predicted molar refractivity (Wildman–Crippen MR) is 113 cm³/mol. The van der Waals surface area contributed by atoms with Gasteiger partial charge in [-0.05, 0) is 51.1 Å². The topological polar surface area (TPSA) is 85.4 Å². The van der Waals surface area contributed by atoms with Crippen LogP contribution in [0.2, 0.25) is 0 Å². The lowest BCUT2D eigenvalue weighted by Gasteiger charge is -2.15. The van der Waals surface area contributed by atoms with Crippen molar-refractivity contribution in [1.29, 1.82) is 0 Å². The standard InChI is InChI=1S/C22H24N4O3/c1-14(2)29-20-12-8-6-10-17(20)25-22-23-15(3)13-18(26-22)21(27)24-16-9-5-7-11-19(16)28-4/h5-14H,1-4H3,(H,24,27)(H,23,25,26). The highest BCUT2D eigenvalue weighted by Crippen LogP contribution is 2.27. The van der Waals surface area contributed by atoms with Gasteiger partial charge in [0.2, 0.25) is 5.95 Å². The summed E-state index contributed by atoms with van der Waals surface area (Å²) >= 11 is 0. The Morgan fingerprint density at radius 3 is 2.31 bits per heavy atom. The van der Waals surface area contributed by atoms with Gasteiger partial charge in [0.05, 0.1) is 24.6 Å². The van der Waals surface area contributed by atoms with Crippen LogP contribution in [-0.2, 0) is 0 Å². The molecule has 1 aromatic heterocycles. The molecular weight excluding hydrogens is 368 g/mol. The lowest BCUT2D eigenvalue weighted by Crippen LogP contribution is -2.16. The minimum atomic E-state index is -0.352. The zero-order valence-corrected chi connectivity index (χ0v) is 16.9. The third-order valence-corrected chi connectivity index (χ3v) is 3.94. The summed E-state index contributed by atoms with van der Waals surface area (Å²) in [5.41, 5.74) is 2.20. The molecule has 0 fully saturated rings. The van der Waals surface area contributed by atoms with E-state index < -0.39 is 0 Å². The van der Waals surface area contributed by atoms with Crippen molar-refractivity contribution >= 4 is 23.2 Å². The number of rotatable bonds is 7. The molecule has 3 aromatic rings. The maximum atomic E-state index is 12.7. The van der Waals surface area contributed by atoms with Crippen LogP contribution in [0.1, 0.15) is 30.0 Å². The van der Waals surface area contributed by atoms with E-state index in [1.54, 1.807) is 25.3 Å². The highest BCUT2D eigenvalue weighted by Gasteiger charge is 2.14. The monoisotopic (exact) mass is 392 g/mol. The average molecular weight is 392 g/mol. The zero-order chi connectivity index (χ0) is 20.8. The summed E-state index contributed by atoms with van der Waals surface area (Å²) in [6.45, 7) is 5.73. The van der Waals surface area contributed by atoms with Gasteiger partial charge in [-0.15, -0.1) is 0 Å². The lowest BCUT2D eigenvalue weighted by molar-refractivity contribution is 0.102. The first-order valence-electron chi connectivity index (χ1n) is 9.29. The van der Waals surface area contributed by atoms with Crippen LogP contribution in [0.5, 0.6) is 11.5 Å². The smallest absolute Gasteiger partial charge is 0.274 e. The Balaban J connectivity index is 1.84. The summed E-state index contributed by atoms with van der Waals surface area (Å²) in [6, 6.07) is 16.4. The Morgan fingerprint density at radius 2 is 1.62 bits per heavy atom. The highest BCUT2D eigenvalue weighted by atomic mass is 16.5. The summed E-state index contributed by atoms with van der Waals surface area (Å²) in [5, 5.41) is 5.98. The number of anilines is 3. The number of carbonyl (C=O) groups is 1. The Bertz CT molecular complexity index is 1000.